The molecule has 4 nitrogen and oxygen atoms in total. The minimum absolute atomic E-state index is 0.224. The van der Waals surface area contributed by atoms with Crippen LogP contribution in [0.4, 0.5) is 0 Å². The number of rotatable bonds is 4. The lowest BCUT2D eigenvalue weighted by Gasteiger charge is -2.06. The quantitative estimate of drug-likeness (QED) is 0.706. The topological polar surface area (TPSA) is 44.2 Å². The third-order valence-corrected chi connectivity index (χ3v) is 1.45. The molecule has 4 heteroatoms. The second-order valence-electron chi connectivity index (χ2n) is 2.94. The summed E-state index contributed by atoms with van der Waals surface area (Å²) < 4.78 is 10.2. The summed E-state index contributed by atoms with van der Waals surface area (Å²) in [4.78, 5) is 7.92. The Labute approximate surface area is 77.9 Å². The average Bonchev–Trinajstić information content (AvgIpc) is 2.15. The maximum Gasteiger partial charge on any atom is 0.316 e. The molecule has 1 aromatic heterocycles. The van der Waals surface area contributed by atoms with Gasteiger partial charge in [0.1, 0.15) is 0 Å². The van der Waals surface area contributed by atoms with E-state index >= 15 is 0 Å². The molecule has 0 aliphatic rings. The molecule has 1 aromatic rings. The van der Waals surface area contributed by atoms with Gasteiger partial charge in [0.2, 0.25) is 0 Å². The molecule has 72 valence electrons. The van der Waals surface area contributed by atoms with E-state index in [-0.39, 0.29) is 6.10 Å². The highest BCUT2D eigenvalue weighted by Gasteiger charge is 1.98. The van der Waals surface area contributed by atoms with E-state index in [1.165, 1.54) is 0 Å². The molecule has 0 spiro atoms. The number of hydrogen-bond acceptors (Lipinski definition) is 4. The first-order valence-electron chi connectivity index (χ1n) is 4.19. The maximum absolute atomic E-state index is 5.38. The van der Waals surface area contributed by atoms with Crippen LogP contribution in [0.2, 0.25) is 0 Å². The van der Waals surface area contributed by atoms with E-state index < -0.39 is 0 Å². The lowest BCUT2D eigenvalue weighted by molar-refractivity contribution is 0.0653. The summed E-state index contributed by atoms with van der Waals surface area (Å²) in [6.07, 6.45) is 3.63. The fraction of sp³-hybridized carbons (Fsp3) is 0.556. The van der Waals surface area contributed by atoms with Crippen LogP contribution in [0.1, 0.15) is 19.4 Å². The number of ether oxygens (including phenoxy) is 2. The third kappa shape index (κ3) is 3.38. The third-order valence-electron chi connectivity index (χ3n) is 1.45. The van der Waals surface area contributed by atoms with Gasteiger partial charge in [0.15, 0.2) is 0 Å². The van der Waals surface area contributed by atoms with Gasteiger partial charge in [-0.1, -0.05) is 0 Å². The maximum atomic E-state index is 5.38. The molecular weight excluding hydrogens is 168 g/mol. The Kier molecular flexibility index (Phi) is 3.64. The zero-order chi connectivity index (χ0) is 9.68. The fourth-order valence-corrected chi connectivity index (χ4v) is 0.786. The van der Waals surface area contributed by atoms with Crippen LogP contribution in [0, 0.1) is 0 Å². The Morgan fingerprint density at radius 3 is 2.38 bits per heavy atom. The Morgan fingerprint density at radius 1 is 1.31 bits per heavy atom. The molecule has 0 saturated heterocycles. The van der Waals surface area contributed by atoms with Crippen molar-refractivity contribution in [1.82, 2.24) is 9.97 Å². The van der Waals surface area contributed by atoms with E-state index in [2.05, 4.69) is 9.97 Å². The number of aromatic nitrogens is 2. The summed E-state index contributed by atoms with van der Waals surface area (Å²) in [5.74, 6) is 0. The lowest BCUT2D eigenvalue weighted by Crippen LogP contribution is -2.03. The summed E-state index contributed by atoms with van der Waals surface area (Å²) in [5, 5.41) is 0. The monoisotopic (exact) mass is 182 g/mol. The van der Waals surface area contributed by atoms with Crippen molar-refractivity contribution in [3.05, 3.63) is 18.0 Å². The molecule has 0 unspecified atom stereocenters. The van der Waals surface area contributed by atoms with Gasteiger partial charge in [-0.3, -0.25) is 0 Å². The van der Waals surface area contributed by atoms with Gasteiger partial charge in [-0.25, -0.2) is 9.97 Å². The summed E-state index contributed by atoms with van der Waals surface area (Å²) >= 11 is 0. The molecule has 0 N–H and O–H groups in total. The standard InChI is InChI=1S/C9H14N2O2/c1-7(2)13-6-8-4-10-9(12-3)11-5-8/h4-5,7H,6H2,1-3H3. The van der Waals surface area contributed by atoms with Gasteiger partial charge in [0.25, 0.3) is 0 Å². The first kappa shape index (κ1) is 9.92. The molecular formula is C9H14N2O2. The SMILES string of the molecule is COc1ncc(COC(C)C)cn1. The van der Waals surface area contributed by atoms with Gasteiger partial charge < -0.3 is 9.47 Å². The highest BCUT2D eigenvalue weighted by atomic mass is 16.5. The minimum Gasteiger partial charge on any atom is -0.467 e. The average molecular weight is 182 g/mol. The van der Waals surface area contributed by atoms with Crippen molar-refractivity contribution in [3.63, 3.8) is 0 Å². The van der Waals surface area contributed by atoms with Crippen LogP contribution in [-0.2, 0) is 11.3 Å². The van der Waals surface area contributed by atoms with Crippen molar-refractivity contribution >= 4 is 0 Å². The molecule has 0 fully saturated rings. The van der Waals surface area contributed by atoms with Crippen LogP contribution in [0.5, 0.6) is 6.01 Å². The highest BCUT2D eigenvalue weighted by Crippen LogP contribution is 2.04. The van der Waals surface area contributed by atoms with Crippen molar-refractivity contribution in [2.24, 2.45) is 0 Å². The molecule has 0 aliphatic heterocycles. The molecule has 0 aliphatic carbocycles. The summed E-state index contributed by atoms with van der Waals surface area (Å²) in [5.41, 5.74) is 0.953. The van der Waals surface area contributed by atoms with Crippen LogP contribution in [-0.4, -0.2) is 23.2 Å². The van der Waals surface area contributed by atoms with Crippen LogP contribution < -0.4 is 4.74 Å². The van der Waals surface area contributed by atoms with Crippen LogP contribution in [0.15, 0.2) is 12.4 Å². The Morgan fingerprint density at radius 2 is 1.92 bits per heavy atom. The second kappa shape index (κ2) is 4.77. The predicted molar refractivity (Wildman–Crippen MR) is 48.5 cm³/mol. The summed E-state index contributed by atoms with van der Waals surface area (Å²) in [6.45, 7) is 4.52. The van der Waals surface area contributed by atoms with Gasteiger partial charge in [0, 0.05) is 18.0 Å². The number of methoxy groups -OCH3 is 1. The van der Waals surface area contributed by atoms with Gasteiger partial charge >= 0.3 is 6.01 Å². The van der Waals surface area contributed by atoms with Gasteiger partial charge in [-0.05, 0) is 13.8 Å². The number of hydrogen-bond donors (Lipinski definition) is 0. The molecule has 0 atom stereocenters. The largest absolute Gasteiger partial charge is 0.467 e. The normalized spacial score (nSPS) is 10.5. The van der Waals surface area contributed by atoms with E-state index in [0.717, 1.165) is 5.56 Å². The zero-order valence-corrected chi connectivity index (χ0v) is 8.15. The smallest absolute Gasteiger partial charge is 0.316 e. The molecule has 0 radical (unpaired) electrons. The van der Waals surface area contributed by atoms with Crippen molar-refractivity contribution in [2.45, 2.75) is 26.6 Å². The molecule has 1 heterocycles. The fourth-order valence-electron chi connectivity index (χ4n) is 0.786. The first-order valence-corrected chi connectivity index (χ1v) is 4.19. The van der Waals surface area contributed by atoms with Crippen molar-refractivity contribution in [1.29, 1.82) is 0 Å². The van der Waals surface area contributed by atoms with Crippen LogP contribution in [0.3, 0.4) is 0 Å². The minimum atomic E-state index is 0.224. The molecule has 0 bridgehead atoms. The van der Waals surface area contributed by atoms with E-state index in [4.69, 9.17) is 9.47 Å². The van der Waals surface area contributed by atoms with Gasteiger partial charge in [-0.2, -0.15) is 0 Å². The van der Waals surface area contributed by atoms with E-state index in [0.29, 0.717) is 12.6 Å². The predicted octanol–water partition coefficient (Wildman–Crippen LogP) is 1.41. The van der Waals surface area contributed by atoms with Crippen LogP contribution >= 0.6 is 0 Å². The molecule has 0 saturated carbocycles. The van der Waals surface area contributed by atoms with Gasteiger partial charge in [0.05, 0.1) is 19.8 Å². The van der Waals surface area contributed by atoms with Gasteiger partial charge in [-0.15, -0.1) is 0 Å². The Balaban J connectivity index is 2.49. The lowest BCUT2D eigenvalue weighted by atomic mass is 10.3. The van der Waals surface area contributed by atoms with Crippen molar-refractivity contribution in [3.8, 4) is 6.01 Å². The zero-order valence-electron chi connectivity index (χ0n) is 8.15. The van der Waals surface area contributed by atoms with E-state index in [1.807, 2.05) is 13.8 Å². The summed E-state index contributed by atoms with van der Waals surface area (Å²) in [6, 6.07) is 0.383. The summed E-state index contributed by atoms with van der Waals surface area (Å²) in [7, 11) is 1.54. The second-order valence-corrected chi connectivity index (χ2v) is 2.94. The van der Waals surface area contributed by atoms with E-state index in [1.54, 1.807) is 19.5 Å². The van der Waals surface area contributed by atoms with Crippen LogP contribution in [0.25, 0.3) is 0 Å². The molecule has 0 aromatic carbocycles. The molecule has 13 heavy (non-hydrogen) atoms. The number of nitrogens with zero attached hydrogens (tertiary/aromatic N) is 2. The highest BCUT2D eigenvalue weighted by molar-refractivity contribution is 5.05. The van der Waals surface area contributed by atoms with E-state index in [9.17, 15) is 0 Å². The van der Waals surface area contributed by atoms with Crippen molar-refractivity contribution < 1.29 is 9.47 Å². The Hall–Kier alpha value is -1.16. The Bertz CT molecular complexity index is 246. The molecule has 0 amide bonds. The van der Waals surface area contributed by atoms with Crippen molar-refractivity contribution in [2.75, 3.05) is 7.11 Å². The first-order chi connectivity index (χ1) is 6.22. The molecule has 1 rings (SSSR count).